The molecule has 3 aromatic rings. The summed E-state index contributed by atoms with van der Waals surface area (Å²) < 4.78 is 31.0. The molecule has 0 aliphatic carbocycles. The van der Waals surface area contributed by atoms with Crippen molar-refractivity contribution in [1.82, 2.24) is 24.8 Å². The monoisotopic (exact) mass is 470 g/mol. The Kier molecular flexibility index (Phi) is 6.07. The van der Waals surface area contributed by atoms with E-state index in [1.165, 1.54) is 17.7 Å². The topological polar surface area (TPSA) is 75.0 Å². The van der Waals surface area contributed by atoms with Crippen LogP contribution in [-0.2, 0) is 24.2 Å². The predicted octanol–water partition coefficient (Wildman–Crippen LogP) is 2.42. The Morgan fingerprint density at radius 2 is 1.97 bits per heavy atom. The third-order valence-electron chi connectivity index (χ3n) is 6.55. The van der Waals surface area contributed by atoms with Gasteiger partial charge in [-0.05, 0) is 37.6 Å². The summed E-state index contributed by atoms with van der Waals surface area (Å²) in [7, 11) is 1.77. The maximum Gasteiger partial charge on any atom is 0.387 e. The van der Waals surface area contributed by atoms with Crippen LogP contribution in [0, 0.1) is 12.8 Å². The van der Waals surface area contributed by atoms with Crippen LogP contribution in [0.5, 0.6) is 5.75 Å². The van der Waals surface area contributed by atoms with Crippen LogP contribution >= 0.6 is 0 Å². The van der Waals surface area contributed by atoms with Crippen molar-refractivity contribution in [1.29, 1.82) is 0 Å². The molecule has 1 amide bonds. The van der Waals surface area contributed by atoms with Gasteiger partial charge in [0.25, 0.3) is 0 Å². The summed E-state index contributed by atoms with van der Waals surface area (Å²) in [5.41, 5.74) is 5.10. The first-order chi connectivity index (χ1) is 16.4. The van der Waals surface area contributed by atoms with Gasteiger partial charge in [0, 0.05) is 50.8 Å². The van der Waals surface area contributed by atoms with E-state index in [2.05, 4.69) is 20.1 Å². The number of benzene rings is 1. The van der Waals surface area contributed by atoms with Crippen molar-refractivity contribution in [3.05, 3.63) is 52.8 Å². The quantitative estimate of drug-likeness (QED) is 0.597. The summed E-state index contributed by atoms with van der Waals surface area (Å²) in [5.74, 6) is 1.12. The molecule has 1 N–H and O–H groups in total. The van der Waals surface area contributed by atoms with Crippen molar-refractivity contribution in [3.63, 3.8) is 0 Å². The second-order valence-electron chi connectivity index (χ2n) is 8.99. The number of nitrogens with one attached hydrogen (secondary N) is 1. The van der Waals surface area contributed by atoms with Gasteiger partial charge >= 0.3 is 6.61 Å². The summed E-state index contributed by atoms with van der Waals surface area (Å²) in [4.78, 5) is 21.9. The maximum absolute atomic E-state index is 13.1. The zero-order valence-electron chi connectivity index (χ0n) is 19.3. The van der Waals surface area contributed by atoms with Crippen molar-refractivity contribution >= 4 is 17.4 Å². The van der Waals surface area contributed by atoms with Gasteiger partial charge in [0.15, 0.2) is 5.65 Å². The number of fused-ring (bicyclic) bond motifs is 2. The fourth-order valence-electron chi connectivity index (χ4n) is 4.75. The van der Waals surface area contributed by atoms with E-state index in [4.69, 9.17) is 4.98 Å². The molecule has 2 aliphatic rings. The number of aryl methyl sites for hydroxylation is 1. The highest BCUT2D eigenvalue weighted by molar-refractivity contribution is 5.82. The maximum atomic E-state index is 13.1. The molecule has 0 radical (unpaired) electrons. The minimum absolute atomic E-state index is 0.0684. The number of carbonyl (C=O) groups is 1. The first-order valence-electron chi connectivity index (χ1n) is 11.5. The molecular formula is C24H28F2N6O2. The highest BCUT2D eigenvalue weighted by Gasteiger charge is 2.37. The summed E-state index contributed by atoms with van der Waals surface area (Å²) in [6, 6.07) is 6.38. The fourth-order valence-corrected chi connectivity index (χ4v) is 4.75. The van der Waals surface area contributed by atoms with Crippen LogP contribution in [0.2, 0.25) is 0 Å². The molecular weight excluding hydrogens is 442 g/mol. The average molecular weight is 471 g/mol. The second-order valence-corrected chi connectivity index (χ2v) is 8.99. The lowest BCUT2D eigenvalue weighted by atomic mass is 9.96. The summed E-state index contributed by atoms with van der Waals surface area (Å²) >= 11 is 0. The number of carbonyl (C=O) groups excluding carboxylic acids is 1. The predicted molar refractivity (Wildman–Crippen MR) is 123 cm³/mol. The van der Waals surface area contributed by atoms with Gasteiger partial charge in [-0.3, -0.25) is 4.79 Å². The normalized spacial score (nSPS) is 16.3. The Labute approximate surface area is 196 Å². The highest BCUT2D eigenvalue weighted by atomic mass is 19.3. The van der Waals surface area contributed by atoms with Gasteiger partial charge in [0.1, 0.15) is 11.6 Å². The van der Waals surface area contributed by atoms with Gasteiger partial charge in [-0.2, -0.15) is 18.4 Å². The van der Waals surface area contributed by atoms with E-state index in [-0.39, 0.29) is 17.6 Å². The largest absolute Gasteiger partial charge is 0.435 e. The molecule has 34 heavy (non-hydrogen) atoms. The molecule has 2 aliphatic heterocycles. The fraction of sp³-hybridized carbons (Fsp3) is 0.458. The van der Waals surface area contributed by atoms with E-state index in [9.17, 15) is 13.6 Å². The lowest BCUT2D eigenvalue weighted by Gasteiger charge is -2.42. The molecule has 0 spiro atoms. The molecule has 8 nitrogen and oxygen atoms in total. The zero-order valence-corrected chi connectivity index (χ0v) is 19.3. The zero-order chi connectivity index (χ0) is 23.8. The number of amides is 1. The molecule has 5 rings (SSSR count). The van der Waals surface area contributed by atoms with E-state index in [0.717, 1.165) is 54.2 Å². The van der Waals surface area contributed by atoms with Gasteiger partial charge in [-0.15, -0.1) is 0 Å². The molecule has 0 atom stereocenters. The van der Waals surface area contributed by atoms with Crippen molar-refractivity contribution < 1.29 is 18.3 Å². The van der Waals surface area contributed by atoms with E-state index >= 15 is 0 Å². The van der Waals surface area contributed by atoms with Crippen molar-refractivity contribution in [2.45, 2.75) is 32.9 Å². The number of rotatable bonds is 6. The van der Waals surface area contributed by atoms with Crippen LogP contribution < -0.4 is 15.0 Å². The Morgan fingerprint density at radius 1 is 1.24 bits per heavy atom. The molecule has 0 bridgehead atoms. The number of ether oxygens (including phenoxy) is 1. The smallest absolute Gasteiger partial charge is 0.387 e. The van der Waals surface area contributed by atoms with Crippen LogP contribution in [0.4, 0.5) is 14.6 Å². The Hall–Kier alpha value is -3.27. The van der Waals surface area contributed by atoms with E-state index in [1.54, 1.807) is 24.1 Å². The number of hydrogen-bond donors (Lipinski definition) is 1. The first kappa shape index (κ1) is 22.5. The summed E-state index contributed by atoms with van der Waals surface area (Å²) in [6.45, 7) is 2.63. The Morgan fingerprint density at radius 3 is 2.71 bits per heavy atom. The summed E-state index contributed by atoms with van der Waals surface area (Å²) in [6.07, 6.45) is 3.60. The van der Waals surface area contributed by atoms with Crippen molar-refractivity contribution in [3.8, 4) is 5.75 Å². The highest BCUT2D eigenvalue weighted by Crippen LogP contribution is 2.32. The molecule has 0 saturated carbocycles. The van der Waals surface area contributed by atoms with Crippen LogP contribution in [0.3, 0.4) is 0 Å². The Balaban J connectivity index is 1.28. The molecule has 2 aromatic heterocycles. The molecule has 4 heterocycles. The second kappa shape index (κ2) is 9.17. The number of alkyl halides is 2. The third kappa shape index (κ3) is 4.29. The lowest BCUT2D eigenvalue weighted by Crippen LogP contribution is -2.54. The van der Waals surface area contributed by atoms with Gasteiger partial charge in [0.05, 0.1) is 17.8 Å². The number of anilines is 1. The molecule has 0 unspecified atom stereocenters. The standard InChI is InChI=1S/C24H28F2N6O2/c1-15-11-28-32-21(15)29-20-8-10-27-9-7-19(20)22(32)31-13-17(14-31)23(33)30(2)12-16-3-5-18(6-4-16)34-24(25)26/h3-6,11,17,24,27H,7-10,12-14H2,1-2H3. The third-order valence-corrected chi connectivity index (χ3v) is 6.55. The molecule has 1 aromatic carbocycles. The van der Waals surface area contributed by atoms with Crippen LogP contribution in [0.15, 0.2) is 30.5 Å². The molecule has 1 saturated heterocycles. The SMILES string of the molecule is Cc1cnn2c(N3CC(C(=O)N(C)Cc4ccc(OC(F)F)cc4)C3)c3c(nc12)CCNCC3. The van der Waals surface area contributed by atoms with E-state index in [1.807, 2.05) is 17.6 Å². The first-order valence-corrected chi connectivity index (χ1v) is 11.5. The van der Waals surface area contributed by atoms with E-state index < -0.39 is 6.61 Å². The minimum Gasteiger partial charge on any atom is -0.435 e. The van der Waals surface area contributed by atoms with Gasteiger partial charge in [-0.1, -0.05) is 12.1 Å². The minimum atomic E-state index is -2.85. The molecule has 10 heteroatoms. The van der Waals surface area contributed by atoms with Crippen LogP contribution in [0.1, 0.15) is 22.4 Å². The van der Waals surface area contributed by atoms with Crippen molar-refractivity contribution in [2.24, 2.45) is 5.92 Å². The number of hydrogen-bond acceptors (Lipinski definition) is 6. The van der Waals surface area contributed by atoms with Crippen molar-refractivity contribution in [2.75, 3.05) is 38.1 Å². The van der Waals surface area contributed by atoms with Gasteiger partial charge in [0.2, 0.25) is 5.91 Å². The Bertz CT molecular complexity index is 1190. The van der Waals surface area contributed by atoms with Gasteiger partial charge < -0.3 is 19.9 Å². The van der Waals surface area contributed by atoms with Gasteiger partial charge in [-0.25, -0.2) is 4.98 Å². The van der Waals surface area contributed by atoms with E-state index in [0.29, 0.717) is 19.6 Å². The lowest BCUT2D eigenvalue weighted by molar-refractivity contribution is -0.135. The number of nitrogens with zero attached hydrogens (tertiary/aromatic N) is 5. The number of halogens is 2. The van der Waals surface area contributed by atoms with Crippen LogP contribution in [-0.4, -0.2) is 65.2 Å². The number of aromatic nitrogens is 3. The summed E-state index contributed by atoms with van der Waals surface area (Å²) in [5, 5.41) is 8.03. The molecule has 1 fully saturated rings. The average Bonchev–Trinajstić information content (AvgIpc) is 2.99. The van der Waals surface area contributed by atoms with Crippen LogP contribution in [0.25, 0.3) is 5.65 Å². The molecule has 180 valence electrons.